The molecule has 2 aromatic heterocycles. The van der Waals surface area contributed by atoms with Gasteiger partial charge in [0.2, 0.25) is 0 Å². The van der Waals surface area contributed by atoms with Crippen LogP contribution >= 0.6 is 43.2 Å². The highest BCUT2D eigenvalue weighted by Gasteiger charge is 2.19. The fourth-order valence-electron chi connectivity index (χ4n) is 1.29. The monoisotopic (exact) mass is 350 g/mol. The Morgan fingerprint density at radius 3 is 2.67 bits per heavy atom. The minimum Gasteiger partial charge on any atom is -0.450 e. The molecule has 0 fully saturated rings. The third kappa shape index (κ3) is 2.20. The standard InChI is InChI=1S/C10H8Br2O2S/c1-5-2-3-15-9(5)8(13)7-4-6(11)10(12)14-7/h2-4,8,13H,1H3. The van der Waals surface area contributed by atoms with Crippen LogP contribution in [0.5, 0.6) is 0 Å². The Morgan fingerprint density at radius 1 is 1.47 bits per heavy atom. The Kier molecular flexibility index (Phi) is 3.35. The summed E-state index contributed by atoms with van der Waals surface area (Å²) in [5.41, 5.74) is 1.08. The molecule has 80 valence electrons. The maximum absolute atomic E-state index is 10.1. The van der Waals surface area contributed by atoms with Crippen molar-refractivity contribution >= 4 is 43.2 Å². The number of aryl methyl sites for hydroxylation is 1. The SMILES string of the molecule is Cc1ccsc1C(O)c1cc(Br)c(Br)o1. The molecule has 0 bridgehead atoms. The van der Waals surface area contributed by atoms with Crippen LogP contribution in [0.25, 0.3) is 0 Å². The first kappa shape index (κ1) is 11.4. The zero-order valence-electron chi connectivity index (χ0n) is 7.83. The predicted octanol–water partition coefficient (Wildman–Crippen LogP) is 4.26. The van der Waals surface area contributed by atoms with Crippen molar-refractivity contribution in [2.75, 3.05) is 0 Å². The topological polar surface area (TPSA) is 33.4 Å². The molecule has 1 atom stereocenters. The van der Waals surface area contributed by atoms with E-state index in [4.69, 9.17) is 4.42 Å². The third-order valence-corrected chi connectivity index (χ3v) is 4.87. The molecule has 0 aromatic carbocycles. The van der Waals surface area contributed by atoms with Crippen molar-refractivity contribution in [1.82, 2.24) is 0 Å². The molecular weight excluding hydrogens is 344 g/mol. The first-order valence-electron chi connectivity index (χ1n) is 4.26. The van der Waals surface area contributed by atoms with Crippen molar-refractivity contribution < 1.29 is 9.52 Å². The fraction of sp³-hybridized carbons (Fsp3) is 0.200. The van der Waals surface area contributed by atoms with Gasteiger partial charge in [0.05, 0.1) is 4.47 Å². The zero-order chi connectivity index (χ0) is 11.0. The molecule has 2 rings (SSSR count). The molecule has 0 saturated carbocycles. The van der Waals surface area contributed by atoms with Gasteiger partial charge in [-0.15, -0.1) is 11.3 Å². The normalized spacial score (nSPS) is 13.1. The van der Waals surface area contributed by atoms with Gasteiger partial charge >= 0.3 is 0 Å². The van der Waals surface area contributed by atoms with E-state index in [2.05, 4.69) is 31.9 Å². The Hall–Kier alpha value is -0.100. The Bertz CT molecular complexity index is 456. The summed E-state index contributed by atoms with van der Waals surface area (Å²) < 4.78 is 6.79. The van der Waals surface area contributed by atoms with Crippen LogP contribution in [0, 0.1) is 6.92 Å². The Morgan fingerprint density at radius 2 is 2.20 bits per heavy atom. The van der Waals surface area contributed by atoms with Crippen molar-refractivity contribution in [3.8, 4) is 0 Å². The van der Waals surface area contributed by atoms with E-state index in [9.17, 15) is 5.11 Å². The molecule has 0 saturated heterocycles. The van der Waals surface area contributed by atoms with E-state index in [1.54, 1.807) is 6.07 Å². The van der Waals surface area contributed by atoms with Gasteiger partial charge in [0.1, 0.15) is 11.9 Å². The van der Waals surface area contributed by atoms with Gasteiger partial charge in [-0.05, 0) is 61.9 Å². The molecular formula is C10H8Br2O2S. The first-order valence-corrected chi connectivity index (χ1v) is 6.73. The first-order chi connectivity index (χ1) is 7.09. The number of rotatable bonds is 2. The van der Waals surface area contributed by atoms with Crippen LogP contribution in [0.1, 0.15) is 22.3 Å². The minimum atomic E-state index is -0.687. The average molecular weight is 352 g/mol. The quantitative estimate of drug-likeness (QED) is 0.877. The molecule has 1 N–H and O–H groups in total. The second-order valence-electron chi connectivity index (χ2n) is 3.14. The number of furan rings is 1. The highest BCUT2D eigenvalue weighted by Crippen LogP contribution is 2.35. The number of aliphatic hydroxyl groups is 1. The molecule has 0 aliphatic heterocycles. The highest BCUT2D eigenvalue weighted by atomic mass is 79.9. The number of thiophene rings is 1. The van der Waals surface area contributed by atoms with E-state index < -0.39 is 6.10 Å². The summed E-state index contributed by atoms with van der Waals surface area (Å²) in [4.78, 5) is 0.920. The van der Waals surface area contributed by atoms with Gasteiger partial charge in [0.15, 0.2) is 4.67 Å². The summed E-state index contributed by atoms with van der Waals surface area (Å²) >= 11 is 8.09. The summed E-state index contributed by atoms with van der Waals surface area (Å²) in [5.74, 6) is 0.541. The highest BCUT2D eigenvalue weighted by molar-refractivity contribution is 9.13. The van der Waals surface area contributed by atoms with E-state index in [1.807, 2.05) is 18.4 Å². The van der Waals surface area contributed by atoms with Gasteiger partial charge in [-0.3, -0.25) is 0 Å². The van der Waals surface area contributed by atoms with Crippen molar-refractivity contribution in [2.24, 2.45) is 0 Å². The Labute approximate surface area is 108 Å². The van der Waals surface area contributed by atoms with Gasteiger partial charge in [-0.25, -0.2) is 0 Å². The molecule has 0 amide bonds. The van der Waals surface area contributed by atoms with Crippen molar-refractivity contribution in [3.63, 3.8) is 0 Å². The van der Waals surface area contributed by atoms with Gasteiger partial charge in [0.25, 0.3) is 0 Å². The molecule has 0 aliphatic carbocycles. The van der Waals surface area contributed by atoms with E-state index in [-0.39, 0.29) is 0 Å². The number of halogens is 2. The molecule has 2 aromatic rings. The molecule has 2 nitrogen and oxygen atoms in total. The summed E-state index contributed by atoms with van der Waals surface area (Å²) in [6, 6.07) is 3.75. The van der Waals surface area contributed by atoms with Crippen LogP contribution in [-0.4, -0.2) is 5.11 Å². The molecule has 1 unspecified atom stereocenters. The Balaban J connectivity index is 2.36. The fourth-order valence-corrected chi connectivity index (χ4v) is 2.82. The third-order valence-electron chi connectivity index (χ3n) is 2.08. The van der Waals surface area contributed by atoms with E-state index in [0.717, 1.165) is 14.9 Å². The average Bonchev–Trinajstić information content (AvgIpc) is 2.74. The number of aliphatic hydroxyl groups excluding tert-OH is 1. The van der Waals surface area contributed by atoms with Crippen molar-refractivity contribution in [2.45, 2.75) is 13.0 Å². The summed E-state index contributed by atoms with van der Waals surface area (Å²) in [7, 11) is 0. The van der Waals surface area contributed by atoms with Crippen LogP contribution in [0.4, 0.5) is 0 Å². The minimum absolute atomic E-state index is 0.541. The van der Waals surface area contributed by atoms with E-state index in [0.29, 0.717) is 10.4 Å². The van der Waals surface area contributed by atoms with E-state index in [1.165, 1.54) is 11.3 Å². The van der Waals surface area contributed by atoms with Crippen LogP contribution in [0.2, 0.25) is 0 Å². The smallest absolute Gasteiger partial charge is 0.183 e. The summed E-state index contributed by atoms with van der Waals surface area (Å²) in [5, 5.41) is 12.0. The molecule has 2 heterocycles. The van der Waals surface area contributed by atoms with Crippen molar-refractivity contribution in [3.05, 3.63) is 42.9 Å². The maximum Gasteiger partial charge on any atom is 0.183 e. The lowest BCUT2D eigenvalue weighted by Crippen LogP contribution is -1.96. The number of hydrogen-bond donors (Lipinski definition) is 1. The molecule has 0 aliphatic rings. The number of hydrogen-bond acceptors (Lipinski definition) is 3. The second-order valence-corrected chi connectivity index (χ2v) is 5.66. The van der Waals surface area contributed by atoms with Crippen LogP contribution in [-0.2, 0) is 0 Å². The molecule has 0 spiro atoms. The lowest BCUT2D eigenvalue weighted by atomic mass is 10.2. The van der Waals surface area contributed by atoms with Gasteiger partial charge in [-0.1, -0.05) is 0 Å². The summed E-state index contributed by atoms with van der Waals surface area (Å²) in [6.45, 7) is 1.97. The van der Waals surface area contributed by atoms with Crippen molar-refractivity contribution in [1.29, 1.82) is 0 Å². The van der Waals surface area contributed by atoms with Gasteiger partial charge in [0, 0.05) is 4.88 Å². The molecule has 5 heteroatoms. The lowest BCUT2D eigenvalue weighted by molar-refractivity contribution is 0.190. The zero-order valence-corrected chi connectivity index (χ0v) is 11.8. The van der Waals surface area contributed by atoms with Crippen LogP contribution in [0.3, 0.4) is 0 Å². The van der Waals surface area contributed by atoms with E-state index >= 15 is 0 Å². The largest absolute Gasteiger partial charge is 0.450 e. The van der Waals surface area contributed by atoms with Gasteiger partial charge in [-0.2, -0.15) is 0 Å². The second kappa shape index (κ2) is 4.41. The van der Waals surface area contributed by atoms with Crippen LogP contribution < -0.4 is 0 Å². The molecule has 15 heavy (non-hydrogen) atoms. The van der Waals surface area contributed by atoms with Crippen LogP contribution in [0.15, 0.2) is 31.1 Å². The maximum atomic E-state index is 10.1. The summed E-state index contributed by atoms with van der Waals surface area (Å²) in [6.07, 6.45) is -0.687. The lowest BCUT2D eigenvalue weighted by Gasteiger charge is -2.05. The van der Waals surface area contributed by atoms with Gasteiger partial charge < -0.3 is 9.52 Å². The predicted molar refractivity (Wildman–Crippen MR) is 67.2 cm³/mol. The molecule has 0 radical (unpaired) electrons.